The number of ketones is 1. The van der Waals surface area contributed by atoms with Crippen LogP contribution < -0.4 is 10.1 Å². The third-order valence-corrected chi connectivity index (χ3v) is 3.98. The fourth-order valence-electron chi connectivity index (χ4n) is 2.74. The van der Waals surface area contributed by atoms with Crippen molar-refractivity contribution in [2.45, 2.75) is 32.3 Å². The van der Waals surface area contributed by atoms with Gasteiger partial charge < -0.3 is 10.1 Å². The van der Waals surface area contributed by atoms with E-state index in [1.165, 1.54) is 5.56 Å². The minimum atomic E-state index is -0.289. The van der Waals surface area contributed by atoms with Crippen LogP contribution in [0.4, 0.5) is 0 Å². The highest BCUT2D eigenvalue weighted by molar-refractivity contribution is 6.01. The van der Waals surface area contributed by atoms with Crippen LogP contribution in [0.15, 0.2) is 12.1 Å². The van der Waals surface area contributed by atoms with Crippen molar-refractivity contribution in [1.29, 1.82) is 0 Å². The zero-order valence-corrected chi connectivity index (χ0v) is 10.3. The second kappa shape index (κ2) is 3.57. The summed E-state index contributed by atoms with van der Waals surface area (Å²) in [4.78, 5) is 12.2. The van der Waals surface area contributed by atoms with Crippen molar-refractivity contribution in [1.82, 2.24) is 5.32 Å². The molecule has 1 aromatic rings. The number of fused-ring (bicyclic) bond motifs is 1. The first-order chi connectivity index (χ1) is 8.11. The number of nitrogens with one attached hydrogen (secondary N) is 1. The van der Waals surface area contributed by atoms with Gasteiger partial charge in [0.15, 0.2) is 5.78 Å². The molecule has 0 aliphatic carbocycles. The maximum absolute atomic E-state index is 12.2. The Balaban J connectivity index is 2.10. The van der Waals surface area contributed by atoms with Crippen molar-refractivity contribution in [3.8, 4) is 5.75 Å². The Labute approximate surface area is 101 Å². The van der Waals surface area contributed by atoms with Crippen LogP contribution in [-0.4, -0.2) is 24.5 Å². The monoisotopic (exact) mass is 231 g/mol. The topological polar surface area (TPSA) is 38.3 Å². The van der Waals surface area contributed by atoms with Crippen molar-refractivity contribution in [2.24, 2.45) is 0 Å². The highest BCUT2D eigenvalue weighted by Gasteiger charge is 2.43. The van der Waals surface area contributed by atoms with Gasteiger partial charge in [-0.25, -0.2) is 0 Å². The zero-order chi connectivity index (χ0) is 12.0. The lowest BCUT2D eigenvalue weighted by Gasteiger charge is -2.35. The van der Waals surface area contributed by atoms with E-state index in [1.807, 2.05) is 19.1 Å². The van der Waals surface area contributed by atoms with Crippen LogP contribution in [0.2, 0.25) is 0 Å². The summed E-state index contributed by atoms with van der Waals surface area (Å²) in [5.74, 6) is 1.03. The largest absolute Gasteiger partial charge is 0.484 e. The van der Waals surface area contributed by atoms with Crippen LogP contribution in [0, 0.1) is 13.8 Å². The molecule has 3 heteroatoms. The van der Waals surface area contributed by atoms with E-state index in [2.05, 4.69) is 12.2 Å². The number of hydrogen-bond donors (Lipinski definition) is 1. The van der Waals surface area contributed by atoms with E-state index in [4.69, 9.17) is 4.74 Å². The molecule has 1 aromatic carbocycles. The van der Waals surface area contributed by atoms with Gasteiger partial charge in [0.25, 0.3) is 0 Å². The fourth-order valence-corrected chi connectivity index (χ4v) is 2.74. The van der Waals surface area contributed by atoms with E-state index in [1.54, 1.807) is 0 Å². The first-order valence-corrected chi connectivity index (χ1v) is 6.14. The van der Waals surface area contributed by atoms with Gasteiger partial charge in [0.1, 0.15) is 11.4 Å². The molecule has 1 spiro atoms. The quantitative estimate of drug-likeness (QED) is 0.742. The predicted molar refractivity (Wildman–Crippen MR) is 65.7 cm³/mol. The lowest BCUT2D eigenvalue weighted by atomic mass is 9.87. The third-order valence-electron chi connectivity index (χ3n) is 3.98. The van der Waals surface area contributed by atoms with Crippen LogP contribution in [0.5, 0.6) is 5.75 Å². The Hall–Kier alpha value is -1.35. The Morgan fingerprint density at radius 1 is 1.35 bits per heavy atom. The van der Waals surface area contributed by atoms with Crippen molar-refractivity contribution in [3.63, 3.8) is 0 Å². The normalized spacial score (nSPS) is 27.1. The van der Waals surface area contributed by atoms with Crippen molar-refractivity contribution < 1.29 is 9.53 Å². The number of rotatable bonds is 0. The molecule has 0 aromatic heterocycles. The summed E-state index contributed by atoms with van der Waals surface area (Å²) in [7, 11) is 0. The lowest BCUT2D eigenvalue weighted by Crippen LogP contribution is -2.44. The Bertz CT molecular complexity index is 487. The summed E-state index contributed by atoms with van der Waals surface area (Å²) in [6, 6.07) is 3.90. The minimum absolute atomic E-state index is 0.220. The fraction of sp³-hybridized carbons (Fsp3) is 0.500. The summed E-state index contributed by atoms with van der Waals surface area (Å²) < 4.78 is 6.18. The van der Waals surface area contributed by atoms with Gasteiger partial charge in [-0.05, 0) is 37.6 Å². The Morgan fingerprint density at radius 3 is 2.88 bits per heavy atom. The molecule has 0 bridgehead atoms. The second-order valence-corrected chi connectivity index (χ2v) is 5.20. The molecule has 2 aliphatic heterocycles. The first-order valence-electron chi connectivity index (χ1n) is 6.14. The summed E-state index contributed by atoms with van der Waals surface area (Å²) in [6.07, 6.45) is 1.43. The molecule has 1 fully saturated rings. The van der Waals surface area contributed by atoms with Crippen LogP contribution in [0.25, 0.3) is 0 Å². The van der Waals surface area contributed by atoms with Crippen molar-refractivity contribution in [3.05, 3.63) is 28.8 Å². The maximum atomic E-state index is 12.2. The number of aryl methyl sites for hydroxylation is 1. The van der Waals surface area contributed by atoms with Gasteiger partial charge in [-0.2, -0.15) is 0 Å². The van der Waals surface area contributed by atoms with Gasteiger partial charge in [-0.15, -0.1) is 0 Å². The molecule has 1 atom stereocenters. The first kappa shape index (κ1) is 10.8. The SMILES string of the molecule is Cc1ccc2c(c1C)OC1(CCNC1)CC2=O. The molecule has 90 valence electrons. The lowest BCUT2D eigenvalue weighted by molar-refractivity contribution is 0.0523. The number of benzene rings is 1. The molecule has 0 amide bonds. The van der Waals surface area contributed by atoms with Crippen LogP contribution in [-0.2, 0) is 0 Å². The zero-order valence-electron chi connectivity index (χ0n) is 10.3. The van der Waals surface area contributed by atoms with Gasteiger partial charge in [0, 0.05) is 13.0 Å². The summed E-state index contributed by atoms with van der Waals surface area (Å²) in [5.41, 5.74) is 2.75. The van der Waals surface area contributed by atoms with Gasteiger partial charge in [-0.3, -0.25) is 4.79 Å². The Morgan fingerprint density at radius 2 is 2.18 bits per heavy atom. The van der Waals surface area contributed by atoms with E-state index in [-0.39, 0.29) is 11.4 Å². The van der Waals surface area contributed by atoms with Crippen LogP contribution >= 0.6 is 0 Å². The molecule has 0 saturated carbocycles. The highest BCUT2D eigenvalue weighted by Crippen LogP contribution is 2.39. The molecular weight excluding hydrogens is 214 g/mol. The van der Waals surface area contributed by atoms with Gasteiger partial charge in [-0.1, -0.05) is 6.07 Å². The van der Waals surface area contributed by atoms with Gasteiger partial charge in [0.2, 0.25) is 0 Å². The molecule has 3 rings (SSSR count). The molecular formula is C14H17NO2. The molecule has 1 saturated heterocycles. The number of carbonyl (C=O) groups is 1. The summed E-state index contributed by atoms with van der Waals surface area (Å²) in [6.45, 7) is 5.81. The number of hydrogen-bond acceptors (Lipinski definition) is 3. The van der Waals surface area contributed by atoms with Crippen molar-refractivity contribution in [2.75, 3.05) is 13.1 Å². The standard InChI is InChI=1S/C14H17NO2/c1-9-3-4-11-12(16)7-14(5-6-15-8-14)17-13(11)10(9)2/h3-4,15H,5-8H2,1-2H3. The van der Waals surface area contributed by atoms with E-state index < -0.39 is 0 Å². The predicted octanol–water partition coefficient (Wildman–Crippen LogP) is 2.00. The van der Waals surface area contributed by atoms with E-state index in [0.717, 1.165) is 36.4 Å². The molecule has 1 N–H and O–H groups in total. The minimum Gasteiger partial charge on any atom is -0.484 e. The van der Waals surface area contributed by atoms with E-state index in [0.29, 0.717) is 6.42 Å². The average molecular weight is 231 g/mol. The molecule has 2 aliphatic rings. The number of ether oxygens (including phenoxy) is 1. The molecule has 17 heavy (non-hydrogen) atoms. The smallest absolute Gasteiger partial charge is 0.170 e. The van der Waals surface area contributed by atoms with Gasteiger partial charge in [0.05, 0.1) is 12.0 Å². The molecule has 0 radical (unpaired) electrons. The number of Topliss-reactive ketones (excluding diaryl/α,β-unsaturated/α-hetero) is 1. The Kier molecular flexibility index (Phi) is 2.26. The maximum Gasteiger partial charge on any atom is 0.170 e. The molecule has 2 heterocycles. The summed E-state index contributed by atoms with van der Waals surface area (Å²) in [5, 5.41) is 3.29. The third kappa shape index (κ3) is 1.57. The van der Waals surface area contributed by atoms with E-state index >= 15 is 0 Å². The van der Waals surface area contributed by atoms with Crippen LogP contribution in [0.1, 0.15) is 34.3 Å². The number of carbonyl (C=O) groups excluding carboxylic acids is 1. The molecule has 1 unspecified atom stereocenters. The second-order valence-electron chi connectivity index (χ2n) is 5.20. The average Bonchev–Trinajstić information content (AvgIpc) is 2.72. The summed E-state index contributed by atoms with van der Waals surface area (Å²) >= 11 is 0. The van der Waals surface area contributed by atoms with Crippen LogP contribution in [0.3, 0.4) is 0 Å². The van der Waals surface area contributed by atoms with Crippen molar-refractivity contribution >= 4 is 5.78 Å². The highest BCUT2D eigenvalue weighted by atomic mass is 16.5. The van der Waals surface area contributed by atoms with Gasteiger partial charge >= 0.3 is 0 Å². The molecule has 3 nitrogen and oxygen atoms in total. The van der Waals surface area contributed by atoms with E-state index in [9.17, 15) is 4.79 Å².